The number of esters is 1. The first kappa shape index (κ1) is 18.1. The van der Waals surface area contributed by atoms with Crippen LogP contribution in [0.4, 0.5) is 5.82 Å². The molecular formula is C17H19N3O5S. The second-order valence-corrected chi connectivity index (χ2v) is 8.23. The summed E-state index contributed by atoms with van der Waals surface area (Å²) in [6.07, 6.45) is 2.52. The van der Waals surface area contributed by atoms with Crippen molar-refractivity contribution < 1.29 is 22.7 Å². The van der Waals surface area contributed by atoms with Gasteiger partial charge in [-0.2, -0.15) is 5.10 Å². The average Bonchev–Trinajstić information content (AvgIpc) is 3.21. The van der Waals surface area contributed by atoms with Crippen molar-refractivity contribution in [3.63, 3.8) is 0 Å². The number of anilines is 1. The number of ether oxygens (including phenoxy) is 1. The number of benzene rings is 1. The van der Waals surface area contributed by atoms with Gasteiger partial charge in [0.05, 0.1) is 12.0 Å². The standard InChI is InChI=1S/C17H19N3O5S/c1-17(2,16(22)25-3)20-9-8-15(18-20)19-26(23,24)12-6-4-11-5-7-14(21)13(11)10-12/h4,6,8-10H,5,7H2,1-3H3,(H,18,19). The molecule has 26 heavy (non-hydrogen) atoms. The smallest absolute Gasteiger partial charge is 0.333 e. The minimum absolute atomic E-state index is 0.00622. The molecule has 1 aromatic carbocycles. The molecule has 2 aromatic rings. The van der Waals surface area contributed by atoms with Gasteiger partial charge in [0.2, 0.25) is 0 Å². The first-order valence-corrected chi connectivity index (χ1v) is 9.47. The number of sulfonamides is 1. The van der Waals surface area contributed by atoms with E-state index in [1.54, 1.807) is 19.9 Å². The van der Waals surface area contributed by atoms with Crippen LogP contribution in [0.5, 0.6) is 0 Å². The van der Waals surface area contributed by atoms with Crippen molar-refractivity contribution in [3.05, 3.63) is 41.6 Å². The van der Waals surface area contributed by atoms with Gasteiger partial charge in [-0.25, -0.2) is 13.2 Å². The molecule has 0 atom stereocenters. The number of aryl methyl sites for hydroxylation is 1. The molecule has 0 aliphatic heterocycles. The van der Waals surface area contributed by atoms with Crippen molar-refractivity contribution in [3.8, 4) is 0 Å². The molecule has 0 bridgehead atoms. The minimum atomic E-state index is -3.91. The lowest BCUT2D eigenvalue weighted by Gasteiger charge is -2.21. The molecule has 0 radical (unpaired) electrons. The van der Waals surface area contributed by atoms with Crippen LogP contribution in [0.3, 0.4) is 0 Å². The number of Topliss-reactive ketones (excluding diaryl/α,β-unsaturated/α-hetero) is 1. The molecule has 0 fully saturated rings. The van der Waals surface area contributed by atoms with Gasteiger partial charge in [0, 0.05) is 24.2 Å². The van der Waals surface area contributed by atoms with Crippen molar-refractivity contribution >= 4 is 27.6 Å². The van der Waals surface area contributed by atoms with Gasteiger partial charge in [0.1, 0.15) is 0 Å². The fourth-order valence-corrected chi connectivity index (χ4v) is 3.84. The van der Waals surface area contributed by atoms with Crippen LogP contribution in [-0.2, 0) is 31.5 Å². The van der Waals surface area contributed by atoms with E-state index in [0.717, 1.165) is 5.56 Å². The lowest BCUT2D eigenvalue weighted by atomic mass is 10.1. The summed E-state index contributed by atoms with van der Waals surface area (Å²) in [7, 11) is -2.64. The van der Waals surface area contributed by atoms with E-state index in [-0.39, 0.29) is 16.5 Å². The third kappa shape index (κ3) is 3.10. The normalized spacial score (nSPS) is 14.2. The Morgan fingerprint density at radius 2 is 2.00 bits per heavy atom. The van der Waals surface area contributed by atoms with Crippen molar-refractivity contribution in [2.45, 2.75) is 37.1 Å². The summed E-state index contributed by atoms with van der Waals surface area (Å²) in [5.41, 5.74) is 0.224. The third-order valence-electron chi connectivity index (χ3n) is 4.40. The monoisotopic (exact) mass is 377 g/mol. The number of ketones is 1. The van der Waals surface area contributed by atoms with Crippen LogP contribution >= 0.6 is 0 Å². The van der Waals surface area contributed by atoms with E-state index < -0.39 is 21.5 Å². The van der Waals surface area contributed by atoms with Crippen LogP contribution in [0.25, 0.3) is 0 Å². The summed E-state index contributed by atoms with van der Waals surface area (Å²) in [4.78, 5) is 23.7. The van der Waals surface area contributed by atoms with Gasteiger partial charge >= 0.3 is 5.97 Å². The number of hydrogen-bond donors (Lipinski definition) is 1. The maximum atomic E-state index is 12.6. The van der Waals surface area contributed by atoms with Gasteiger partial charge in [-0.1, -0.05) is 6.07 Å². The second-order valence-electron chi connectivity index (χ2n) is 6.54. The molecule has 9 heteroatoms. The number of nitrogens with zero attached hydrogens (tertiary/aromatic N) is 2. The molecule has 3 rings (SSSR count). The topological polar surface area (TPSA) is 107 Å². The van der Waals surface area contributed by atoms with Gasteiger partial charge in [0.25, 0.3) is 10.0 Å². The highest BCUT2D eigenvalue weighted by atomic mass is 32.2. The maximum absolute atomic E-state index is 12.6. The Labute approximate surface area is 151 Å². The van der Waals surface area contributed by atoms with E-state index >= 15 is 0 Å². The summed E-state index contributed by atoms with van der Waals surface area (Å²) < 4.78 is 33.6. The number of carbonyl (C=O) groups excluding carboxylic acids is 2. The Balaban J connectivity index is 1.86. The van der Waals surface area contributed by atoms with Crippen molar-refractivity contribution in [2.24, 2.45) is 0 Å². The van der Waals surface area contributed by atoms with Gasteiger partial charge < -0.3 is 4.74 Å². The zero-order valence-electron chi connectivity index (χ0n) is 14.6. The molecule has 1 heterocycles. The number of hydrogen-bond acceptors (Lipinski definition) is 6. The molecule has 1 aliphatic carbocycles. The van der Waals surface area contributed by atoms with E-state index in [0.29, 0.717) is 18.4 Å². The Morgan fingerprint density at radius 3 is 2.69 bits per heavy atom. The van der Waals surface area contributed by atoms with E-state index in [2.05, 4.69) is 9.82 Å². The summed E-state index contributed by atoms with van der Waals surface area (Å²) in [6.45, 7) is 3.21. The quantitative estimate of drug-likeness (QED) is 0.795. The molecule has 1 aromatic heterocycles. The highest BCUT2D eigenvalue weighted by Gasteiger charge is 2.32. The number of methoxy groups -OCH3 is 1. The molecule has 0 saturated carbocycles. The Kier molecular flexibility index (Phi) is 4.35. The molecule has 8 nitrogen and oxygen atoms in total. The molecule has 0 unspecified atom stereocenters. The number of rotatable bonds is 5. The fourth-order valence-electron chi connectivity index (χ4n) is 2.81. The largest absolute Gasteiger partial charge is 0.467 e. The van der Waals surface area contributed by atoms with Crippen molar-refractivity contribution in [1.82, 2.24) is 9.78 Å². The number of nitrogens with one attached hydrogen (secondary N) is 1. The van der Waals surface area contributed by atoms with Crippen LogP contribution in [-0.4, -0.2) is 37.1 Å². The first-order chi connectivity index (χ1) is 12.1. The predicted octanol–water partition coefficient (Wildman–Crippen LogP) is 1.72. The highest BCUT2D eigenvalue weighted by molar-refractivity contribution is 7.92. The van der Waals surface area contributed by atoms with E-state index in [1.165, 1.54) is 36.2 Å². The van der Waals surface area contributed by atoms with Crippen LogP contribution in [0.15, 0.2) is 35.4 Å². The predicted molar refractivity (Wildman–Crippen MR) is 93.5 cm³/mol. The SMILES string of the molecule is COC(=O)C(C)(C)n1ccc(NS(=O)(=O)c2ccc3c(c2)C(=O)CC3)n1. The van der Waals surface area contributed by atoms with Crippen LogP contribution in [0.1, 0.15) is 36.2 Å². The Hall–Kier alpha value is -2.68. The molecule has 1 aliphatic rings. The van der Waals surface area contributed by atoms with Crippen molar-refractivity contribution in [1.29, 1.82) is 0 Å². The summed E-state index contributed by atoms with van der Waals surface area (Å²) in [5, 5.41) is 4.11. The average molecular weight is 377 g/mol. The third-order valence-corrected chi connectivity index (χ3v) is 5.75. The van der Waals surface area contributed by atoms with Gasteiger partial charge in [0.15, 0.2) is 17.1 Å². The Bertz CT molecular complexity index is 992. The van der Waals surface area contributed by atoms with Crippen molar-refractivity contribution in [2.75, 3.05) is 11.8 Å². The van der Waals surface area contributed by atoms with Gasteiger partial charge in [-0.3, -0.25) is 14.2 Å². The van der Waals surface area contributed by atoms with Crippen LogP contribution in [0.2, 0.25) is 0 Å². The van der Waals surface area contributed by atoms with E-state index in [4.69, 9.17) is 4.74 Å². The molecule has 138 valence electrons. The molecular weight excluding hydrogens is 358 g/mol. The number of aromatic nitrogens is 2. The first-order valence-electron chi connectivity index (χ1n) is 7.98. The zero-order valence-corrected chi connectivity index (χ0v) is 15.5. The number of fused-ring (bicyclic) bond motifs is 1. The molecule has 1 N–H and O–H groups in total. The van der Waals surface area contributed by atoms with E-state index in [1.807, 2.05) is 0 Å². The molecule has 0 spiro atoms. The summed E-state index contributed by atoms with van der Waals surface area (Å²) in [5.74, 6) is -0.498. The minimum Gasteiger partial charge on any atom is -0.467 e. The molecule has 0 amide bonds. The lowest BCUT2D eigenvalue weighted by Crippen LogP contribution is -2.37. The maximum Gasteiger partial charge on any atom is 0.333 e. The summed E-state index contributed by atoms with van der Waals surface area (Å²) in [6, 6.07) is 5.96. The lowest BCUT2D eigenvalue weighted by molar-refractivity contribution is -0.150. The highest BCUT2D eigenvalue weighted by Crippen LogP contribution is 2.26. The second kappa shape index (κ2) is 6.24. The molecule has 0 saturated heterocycles. The van der Waals surface area contributed by atoms with Crippen LogP contribution in [0, 0.1) is 0 Å². The van der Waals surface area contributed by atoms with Crippen LogP contribution < -0.4 is 4.72 Å². The van der Waals surface area contributed by atoms with Gasteiger partial charge in [-0.15, -0.1) is 0 Å². The summed E-state index contributed by atoms with van der Waals surface area (Å²) >= 11 is 0. The Morgan fingerprint density at radius 1 is 1.27 bits per heavy atom. The fraction of sp³-hybridized carbons (Fsp3) is 0.353. The van der Waals surface area contributed by atoms with Gasteiger partial charge in [-0.05, 0) is 38.0 Å². The van der Waals surface area contributed by atoms with E-state index in [9.17, 15) is 18.0 Å². The number of carbonyl (C=O) groups is 2. The zero-order chi connectivity index (χ0) is 19.1.